The van der Waals surface area contributed by atoms with Gasteiger partial charge < -0.3 is 10.1 Å². The monoisotopic (exact) mass is 273 g/mol. The van der Waals surface area contributed by atoms with Crippen LogP contribution in [0.1, 0.15) is 39.0 Å². The van der Waals surface area contributed by atoms with E-state index in [-0.39, 0.29) is 5.91 Å². The van der Waals surface area contributed by atoms with E-state index in [0.717, 1.165) is 23.3 Å². The smallest absolute Gasteiger partial charge is 0.224 e. The molecule has 0 aliphatic heterocycles. The van der Waals surface area contributed by atoms with Gasteiger partial charge in [0.2, 0.25) is 5.91 Å². The molecule has 0 aromatic heterocycles. The van der Waals surface area contributed by atoms with E-state index < -0.39 is 0 Å². The summed E-state index contributed by atoms with van der Waals surface area (Å²) in [6.07, 6.45) is 5.99. The van der Waals surface area contributed by atoms with Crippen molar-refractivity contribution in [3.63, 3.8) is 0 Å². The van der Waals surface area contributed by atoms with Crippen LogP contribution in [0.4, 0.5) is 5.69 Å². The van der Waals surface area contributed by atoms with Gasteiger partial charge in [0.25, 0.3) is 0 Å². The van der Waals surface area contributed by atoms with Crippen molar-refractivity contribution in [3.05, 3.63) is 24.3 Å². The molecule has 2 aliphatic carbocycles. The molecule has 2 fully saturated rings. The highest BCUT2D eigenvalue weighted by atomic mass is 16.5. The van der Waals surface area contributed by atoms with Gasteiger partial charge in [-0.15, -0.1) is 0 Å². The Morgan fingerprint density at radius 3 is 2.85 bits per heavy atom. The van der Waals surface area contributed by atoms with Crippen LogP contribution in [-0.2, 0) is 4.79 Å². The number of carbonyl (C=O) groups excluding carboxylic acids is 1. The molecule has 108 valence electrons. The molecule has 3 nitrogen and oxygen atoms in total. The van der Waals surface area contributed by atoms with Crippen molar-refractivity contribution >= 4 is 11.6 Å². The van der Waals surface area contributed by atoms with Crippen molar-refractivity contribution in [3.8, 4) is 5.75 Å². The minimum atomic E-state index is 0.134. The molecular weight excluding hydrogens is 250 g/mol. The zero-order valence-electron chi connectivity index (χ0n) is 12.1. The summed E-state index contributed by atoms with van der Waals surface area (Å²) in [5.41, 5.74) is 0.794. The van der Waals surface area contributed by atoms with Gasteiger partial charge in [-0.3, -0.25) is 4.79 Å². The second-order valence-corrected chi connectivity index (χ2v) is 6.12. The summed E-state index contributed by atoms with van der Waals surface area (Å²) < 4.78 is 5.54. The zero-order chi connectivity index (χ0) is 13.9. The fourth-order valence-electron chi connectivity index (χ4n) is 3.92. The predicted molar refractivity (Wildman–Crippen MR) is 79.8 cm³/mol. The van der Waals surface area contributed by atoms with Gasteiger partial charge in [-0.1, -0.05) is 18.6 Å². The Labute approximate surface area is 120 Å². The molecule has 0 spiro atoms. The van der Waals surface area contributed by atoms with Gasteiger partial charge in [0, 0.05) is 6.42 Å². The topological polar surface area (TPSA) is 38.3 Å². The number of hydrogen-bond acceptors (Lipinski definition) is 2. The van der Waals surface area contributed by atoms with Crippen molar-refractivity contribution in [2.24, 2.45) is 17.8 Å². The Morgan fingerprint density at radius 2 is 2.15 bits per heavy atom. The first-order valence-electron chi connectivity index (χ1n) is 7.78. The van der Waals surface area contributed by atoms with Gasteiger partial charge in [-0.05, 0) is 56.1 Å². The normalized spacial score (nSPS) is 27.6. The molecule has 2 saturated carbocycles. The number of amides is 1. The van der Waals surface area contributed by atoms with Gasteiger partial charge in [-0.2, -0.15) is 0 Å². The third-order valence-corrected chi connectivity index (χ3v) is 4.79. The van der Waals surface area contributed by atoms with Crippen LogP contribution >= 0.6 is 0 Å². The maximum Gasteiger partial charge on any atom is 0.224 e. The van der Waals surface area contributed by atoms with Crippen LogP contribution in [0.5, 0.6) is 5.75 Å². The molecule has 0 saturated heterocycles. The highest BCUT2D eigenvalue weighted by Gasteiger charge is 2.40. The molecule has 1 aromatic rings. The summed E-state index contributed by atoms with van der Waals surface area (Å²) in [6.45, 7) is 2.56. The van der Waals surface area contributed by atoms with Gasteiger partial charge in [0.15, 0.2) is 0 Å². The number of hydrogen-bond donors (Lipinski definition) is 1. The number of rotatable bonds is 5. The van der Waals surface area contributed by atoms with Crippen LogP contribution in [0.3, 0.4) is 0 Å². The zero-order valence-corrected chi connectivity index (χ0v) is 12.1. The average molecular weight is 273 g/mol. The fourth-order valence-corrected chi connectivity index (χ4v) is 3.92. The maximum absolute atomic E-state index is 12.2. The van der Waals surface area contributed by atoms with E-state index >= 15 is 0 Å². The minimum absolute atomic E-state index is 0.134. The third-order valence-electron chi connectivity index (χ3n) is 4.79. The molecule has 2 aliphatic rings. The molecule has 0 heterocycles. The van der Waals surface area contributed by atoms with Crippen LogP contribution in [0.25, 0.3) is 0 Å². The van der Waals surface area contributed by atoms with E-state index in [9.17, 15) is 4.79 Å². The number of carbonyl (C=O) groups is 1. The highest BCUT2D eigenvalue weighted by molar-refractivity contribution is 5.92. The van der Waals surface area contributed by atoms with Crippen molar-refractivity contribution < 1.29 is 9.53 Å². The Morgan fingerprint density at radius 1 is 1.30 bits per heavy atom. The van der Waals surface area contributed by atoms with E-state index in [0.29, 0.717) is 18.9 Å². The largest absolute Gasteiger partial charge is 0.492 e. The molecule has 1 N–H and O–H groups in total. The Hall–Kier alpha value is -1.51. The SMILES string of the molecule is CCOc1ccccc1NC(=O)C[C@@H]1C[C@H]2CC[C@H]1C2. The Balaban J connectivity index is 1.59. The van der Waals surface area contributed by atoms with E-state index in [1.54, 1.807) is 0 Å². The predicted octanol–water partition coefficient (Wildman–Crippen LogP) is 3.85. The molecule has 20 heavy (non-hydrogen) atoms. The van der Waals surface area contributed by atoms with Crippen LogP contribution in [0.2, 0.25) is 0 Å². The summed E-state index contributed by atoms with van der Waals surface area (Å²) in [4.78, 5) is 12.2. The molecular formula is C17H23NO2. The second kappa shape index (κ2) is 5.86. The molecule has 3 rings (SSSR count). The standard InChI is InChI=1S/C17H23NO2/c1-2-20-16-6-4-3-5-15(16)18-17(19)11-14-10-12-7-8-13(14)9-12/h3-6,12-14H,2,7-11H2,1H3,(H,18,19)/t12-,13-,14-/m0/s1. The molecule has 0 unspecified atom stereocenters. The van der Waals surface area contributed by atoms with Crippen LogP contribution in [-0.4, -0.2) is 12.5 Å². The van der Waals surface area contributed by atoms with Crippen LogP contribution < -0.4 is 10.1 Å². The van der Waals surface area contributed by atoms with Crippen LogP contribution in [0, 0.1) is 17.8 Å². The average Bonchev–Trinajstić information content (AvgIpc) is 3.03. The van der Waals surface area contributed by atoms with Crippen molar-refractivity contribution in [2.45, 2.75) is 39.0 Å². The van der Waals surface area contributed by atoms with E-state index in [4.69, 9.17) is 4.74 Å². The maximum atomic E-state index is 12.2. The molecule has 3 atom stereocenters. The molecule has 2 bridgehead atoms. The quantitative estimate of drug-likeness (QED) is 0.885. The Bertz CT molecular complexity index is 486. The molecule has 0 radical (unpaired) electrons. The lowest BCUT2D eigenvalue weighted by Gasteiger charge is -2.21. The number of ether oxygens (including phenoxy) is 1. The van der Waals surface area contributed by atoms with E-state index in [2.05, 4.69) is 5.32 Å². The molecule has 1 amide bonds. The lowest BCUT2D eigenvalue weighted by Crippen LogP contribution is -2.20. The first-order chi connectivity index (χ1) is 9.76. The van der Waals surface area contributed by atoms with Gasteiger partial charge in [0.05, 0.1) is 12.3 Å². The third kappa shape index (κ3) is 2.82. The lowest BCUT2D eigenvalue weighted by molar-refractivity contribution is -0.117. The van der Waals surface area contributed by atoms with E-state index in [1.165, 1.54) is 25.7 Å². The number of fused-ring (bicyclic) bond motifs is 2. The van der Waals surface area contributed by atoms with Crippen LogP contribution in [0.15, 0.2) is 24.3 Å². The summed E-state index contributed by atoms with van der Waals surface area (Å²) >= 11 is 0. The first kappa shape index (κ1) is 13.5. The van der Waals surface area contributed by atoms with E-state index in [1.807, 2.05) is 31.2 Å². The van der Waals surface area contributed by atoms with Crippen molar-refractivity contribution in [1.82, 2.24) is 0 Å². The van der Waals surface area contributed by atoms with Gasteiger partial charge >= 0.3 is 0 Å². The lowest BCUT2D eigenvalue weighted by atomic mass is 9.86. The number of anilines is 1. The molecule has 1 aromatic carbocycles. The van der Waals surface area contributed by atoms with Gasteiger partial charge in [-0.25, -0.2) is 0 Å². The summed E-state index contributed by atoms with van der Waals surface area (Å²) in [5, 5.41) is 3.02. The Kier molecular flexibility index (Phi) is 3.95. The number of benzene rings is 1. The fraction of sp³-hybridized carbons (Fsp3) is 0.588. The summed E-state index contributed by atoms with van der Waals surface area (Å²) in [6, 6.07) is 7.66. The van der Waals surface area contributed by atoms with Crippen molar-refractivity contribution in [1.29, 1.82) is 0 Å². The summed E-state index contributed by atoms with van der Waals surface area (Å²) in [5.74, 6) is 3.19. The number of nitrogens with one attached hydrogen (secondary N) is 1. The van der Waals surface area contributed by atoms with Crippen molar-refractivity contribution in [2.75, 3.05) is 11.9 Å². The highest BCUT2D eigenvalue weighted by Crippen LogP contribution is 2.49. The summed E-state index contributed by atoms with van der Waals surface area (Å²) in [7, 11) is 0. The second-order valence-electron chi connectivity index (χ2n) is 6.12. The number of para-hydroxylation sites is 2. The first-order valence-corrected chi connectivity index (χ1v) is 7.78. The molecule has 3 heteroatoms. The minimum Gasteiger partial charge on any atom is -0.492 e. The van der Waals surface area contributed by atoms with Gasteiger partial charge in [0.1, 0.15) is 5.75 Å².